The lowest BCUT2D eigenvalue weighted by molar-refractivity contribution is 0.540. The van der Waals surface area contributed by atoms with E-state index in [2.05, 4.69) is 41.3 Å². The summed E-state index contributed by atoms with van der Waals surface area (Å²) in [6.45, 7) is 5.94. The van der Waals surface area contributed by atoms with Gasteiger partial charge in [0.05, 0.1) is 11.2 Å². The predicted octanol–water partition coefficient (Wildman–Crippen LogP) is 9.14. The summed E-state index contributed by atoms with van der Waals surface area (Å²) in [5.41, 5.74) is 4.40. The summed E-state index contributed by atoms with van der Waals surface area (Å²) in [5.74, 6) is 1.05. The van der Waals surface area contributed by atoms with Gasteiger partial charge in [-0.25, -0.2) is 0 Å². The fraction of sp³-hybridized carbons (Fsp3) is 0.571. The third kappa shape index (κ3) is 9.19. The van der Waals surface area contributed by atoms with Gasteiger partial charge in [-0.1, -0.05) is 89.4 Å². The number of pyridine rings is 1. The standard InChI is InChI=1S/C28H42N2S/c1-3-24-23-25(26-20-18-21-30-28(26)27(24)29-4-2)19-16-14-12-10-8-6-5-7-9-11-13-15-17-22-31/h3-4,18,20-21,23,31H,1,5-17,19,22H2,2H3. The van der Waals surface area contributed by atoms with Crippen molar-refractivity contribution >= 4 is 41.5 Å². The fourth-order valence-electron chi connectivity index (χ4n) is 4.32. The molecule has 2 nitrogen and oxygen atoms in total. The van der Waals surface area contributed by atoms with Crippen molar-refractivity contribution in [3.8, 4) is 0 Å². The third-order valence-corrected chi connectivity index (χ3v) is 6.38. The molecular weight excluding hydrogens is 396 g/mol. The van der Waals surface area contributed by atoms with Crippen molar-refractivity contribution in [3.05, 3.63) is 42.1 Å². The molecule has 0 aliphatic carbocycles. The summed E-state index contributed by atoms with van der Waals surface area (Å²) < 4.78 is 0. The van der Waals surface area contributed by atoms with Crippen LogP contribution in [0.2, 0.25) is 0 Å². The lowest BCUT2D eigenvalue weighted by atomic mass is 9.97. The highest BCUT2D eigenvalue weighted by atomic mass is 32.1. The highest BCUT2D eigenvalue weighted by Gasteiger charge is 2.10. The molecule has 0 aliphatic rings. The Hall–Kier alpha value is -1.61. The minimum Gasteiger partial charge on any atom is -0.259 e. The second-order valence-corrected chi connectivity index (χ2v) is 8.98. The Kier molecular flexibility index (Phi) is 13.3. The molecule has 0 fully saturated rings. The Morgan fingerprint density at radius 2 is 1.48 bits per heavy atom. The smallest absolute Gasteiger partial charge is 0.0967 e. The molecule has 0 atom stereocenters. The lowest BCUT2D eigenvalue weighted by Crippen LogP contribution is -1.93. The molecule has 0 N–H and O–H groups in total. The molecule has 2 rings (SSSR count). The Morgan fingerprint density at radius 3 is 2.03 bits per heavy atom. The number of aryl methyl sites for hydroxylation is 1. The molecule has 1 heterocycles. The zero-order valence-electron chi connectivity index (χ0n) is 19.6. The SMILES string of the molecule is C=Cc1cc(CCCCCCCCCCCCCCCS)c2cccnc2c1N=CC. The van der Waals surface area contributed by atoms with Crippen LogP contribution < -0.4 is 0 Å². The molecule has 0 spiro atoms. The molecule has 0 bridgehead atoms. The van der Waals surface area contributed by atoms with Crippen molar-refractivity contribution in [2.24, 2.45) is 4.99 Å². The molecule has 0 aliphatic heterocycles. The quantitative estimate of drug-likeness (QED) is 0.149. The van der Waals surface area contributed by atoms with E-state index >= 15 is 0 Å². The first-order valence-corrected chi connectivity index (χ1v) is 13.1. The predicted molar refractivity (Wildman–Crippen MR) is 143 cm³/mol. The lowest BCUT2D eigenvalue weighted by Gasteiger charge is -2.11. The molecule has 0 amide bonds. The van der Waals surface area contributed by atoms with Crippen LogP contribution in [0.3, 0.4) is 0 Å². The van der Waals surface area contributed by atoms with Gasteiger partial charge in [0.15, 0.2) is 0 Å². The van der Waals surface area contributed by atoms with Crippen molar-refractivity contribution in [1.82, 2.24) is 4.98 Å². The number of aliphatic imine (C=N–C) groups is 1. The maximum atomic E-state index is 4.62. The van der Waals surface area contributed by atoms with Crippen LogP contribution in [0.1, 0.15) is 102 Å². The number of thiol groups is 1. The third-order valence-electron chi connectivity index (χ3n) is 6.06. The maximum absolute atomic E-state index is 4.62. The van der Waals surface area contributed by atoms with E-state index in [4.69, 9.17) is 0 Å². The molecule has 2 aromatic rings. The van der Waals surface area contributed by atoms with Crippen LogP contribution in [0.4, 0.5) is 5.69 Å². The average molecular weight is 439 g/mol. The number of fused-ring (bicyclic) bond motifs is 1. The molecule has 0 saturated heterocycles. The van der Waals surface area contributed by atoms with Gasteiger partial charge in [-0.15, -0.1) is 0 Å². The van der Waals surface area contributed by atoms with Crippen LogP contribution in [-0.2, 0) is 6.42 Å². The first-order valence-electron chi connectivity index (χ1n) is 12.4. The first-order chi connectivity index (χ1) is 15.3. The fourth-order valence-corrected chi connectivity index (χ4v) is 4.55. The van der Waals surface area contributed by atoms with E-state index < -0.39 is 0 Å². The van der Waals surface area contributed by atoms with Gasteiger partial charge in [0.1, 0.15) is 0 Å². The van der Waals surface area contributed by atoms with Crippen LogP contribution in [0, 0.1) is 0 Å². The minimum atomic E-state index is 0.939. The van der Waals surface area contributed by atoms with Gasteiger partial charge in [-0.05, 0) is 49.6 Å². The summed E-state index contributed by atoms with van der Waals surface area (Å²) in [4.78, 5) is 9.18. The summed E-state index contributed by atoms with van der Waals surface area (Å²) >= 11 is 4.27. The zero-order chi connectivity index (χ0) is 22.2. The van der Waals surface area contributed by atoms with E-state index in [1.54, 1.807) is 0 Å². The van der Waals surface area contributed by atoms with Gasteiger partial charge in [-0.3, -0.25) is 9.98 Å². The number of nitrogens with zero attached hydrogens (tertiary/aromatic N) is 2. The van der Waals surface area contributed by atoms with Crippen molar-refractivity contribution in [2.45, 2.75) is 96.8 Å². The van der Waals surface area contributed by atoms with Crippen LogP contribution in [-0.4, -0.2) is 17.0 Å². The number of aromatic nitrogens is 1. The Bertz CT molecular complexity index is 797. The van der Waals surface area contributed by atoms with Crippen molar-refractivity contribution in [3.63, 3.8) is 0 Å². The number of rotatable bonds is 17. The number of hydrogen-bond donors (Lipinski definition) is 1. The highest BCUT2D eigenvalue weighted by Crippen LogP contribution is 2.33. The zero-order valence-corrected chi connectivity index (χ0v) is 20.5. The second kappa shape index (κ2) is 16.1. The Labute approximate surface area is 196 Å². The maximum Gasteiger partial charge on any atom is 0.0967 e. The van der Waals surface area contributed by atoms with Gasteiger partial charge in [-0.2, -0.15) is 12.6 Å². The van der Waals surface area contributed by atoms with E-state index in [1.165, 1.54) is 94.4 Å². The summed E-state index contributed by atoms with van der Waals surface area (Å²) in [5, 5.41) is 1.24. The van der Waals surface area contributed by atoms with E-state index in [0.717, 1.165) is 28.9 Å². The van der Waals surface area contributed by atoms with Crippen molar-refractivity contribution in [2.75, 3.05) is 5.75 Å². The summed E-state index contributed by atoms with van der Waals surface area (Å²) in [6, 6.07) is 6.47. The summed E-state index contributed by atoms with van der Waals surface area (Å²) in [6.07, 6.45) is 24.5. The molecule has 31 heavy (non-hydrogen) atoms. The molecule has 0 saturated carbocycles. The molecule has 3 heteroatoms. The van der Waals surface area contributed by atoms with Gasteiger partial charge in [0.25, 0.3) is 0 Å². The van der Waals surface area contributed by atoms with Gasteiger partial charge in [0, 0.05) is 23.4 Å². The van der Waals surface area contributed by atoms with Gasteiger partial charge in [0.2, 0.25) is 0 Å². The van der Waals surface area contributed by atoms with Crippen molar-refractivity contribution < 1.29 is 0 Å². The number of unbranched alkanes of at least 4 members (excludes halogenated alkanes) is 12. The first kappa shape index (κ1) is 25.6. The normalized spacial score (nSPS) is 11.5. The van der Waals surface area contributed by atoms with Crippen LogP contribution >= 0.6 is 12.6 Å². The van der Waals surface area contributed by atoms with E-state index in [-0.39, 0.29) is 0 Å². The highest BCUT2D eigenvalue weighted by molar-refractivity contribution is 7.80. The Morgan fingerprint density at radius 1 is 0.903 bits per heavy atom. The molecule has 1 aromatic carbocycles. The molecule has 170 valence electrons. The molecule has 0 radical (unpaired) electrons. The van der Waals surface area contributed by atoms with Gasteiger partial charge >= 0.3 is 0 Å². The van der Waals surface area contributed by atoms with Crippen LogP contribution in [0.25, 0.3) is 17.0 Å². The van der Waals surface area contributed by atoms with E-state index in [9.17, 15) is 0 Å². The van der Waals surface area contributed by atoms with Gasteiger partial charge < -0.3 is 0 Å². The van der Waals surface area contributed by atoms with E-state index in [1.807, 2.05) is 31.5 Å². The largest absolute Gasteiger partial charge is 0.259 e. The van der Waals surface area contributed by atoms with Crippen LogP contribution in [0.5, 0.6) is 0 Å². The Balaban J connectivity index is 1.66. The van der Waals surface area contributed by atoms with E-state index in [0.29, 0.717) is 0 Å². The monoisotopic (exact) mass is 438 g/mol. The summed E-state index contributed by atoms with van der Waals surface area (Å²) in [7, 11) is 0. The average Bonchev–Trinajstić information content (AvgIpc) is 2.80. The molecule has 1 aromatic heterocycles. The number of hydrogen-bond acceptors (Lipinski definition) is 3. The topological polar surface area (TPSA) is 25.2 Å². The number of benzene rings is 1. The minimum absolute atomic E-state index is 0.939. The van der Waals surface area contributed by atoms with Crippen LogP contribution in [0.15, 0.2) is 36.0 Å². The molecular formula is C28H42N2S. The van der Waals surface area contributed by atoms with Crippen molar-refractivity contribution in [1.29, 1.82) is 0 Å². The second-order valence-electron chi connectivity index (χ2n) is 8.53. The molecule has 0 unspecified atom stereocenters.